The molecule has 36 heavy (non-hydrogen) atoms. The van der Waals surface area contributed by atoms with Gasteiger partial charge in [-0.25, -0.2) is 23.2 Å². The van der Waals surface area contributed by atoms with E-state index in [0.717, 1.165) is 18.9 Å². The van der Waals surface area contributed by atoms with Crippen molar-refractivity contribution in [3.05, 3.63) is 83.5 Å². The number of carboxylic acid groups (broad SMARTS) is 1. The average molecular weight is 524 g/mol. The van der Waals surface area contributed by atoms with E-state index in [9.17, 15) is 18.3 Å². The molecule has 2 N–H and O–H groups in total. The number of nitrogens with zero attached hydrogens (tertiary/aromatic N) is 4. The predicted octanol–water partition coefficient (Wildman–Crippen LogP) is 4.11. The van der Waals surface area contributed by atoms with E-state index in [0.29, 0.717) is 29.8 Å². The highest BCUT2D eigenvalue weighted by atomic mass is 35.5. The van der Waals surface area contributed by atoms with Gasteiger partial charge in [0.1, 0.15) is 16.5 Å². The lowest BCUT2D eigenvalue weighted by molar-refractivity contribution is 0.0699. The van der Waals surface area contributed by atoms with Crippen LogP contribution in [0, 0.1) is 0 Å². The molecule has 1 saturated heterocycles. The number of pyridine rings is 2. The Morgan fingerprint density at radius 3 is 2.28 bits per heavy atom. The first-order valence-corrected chi connectivity index (χ1v) is 13.0. The van der Waals surface area contributed by atoms with Crippen molar-refractivity contribution in [3.63, 3.8) is 0 Å². The van der Waals surface area contributed by atoms with Crippen molar-refractivity contribution in [2.24, 2.45) is 0 Å². The molecule has 0 spiro atoms. The predicted molar refractivity (Wildman–Crippen MR) is 140 cm³/mol. The Balaban J connectivity index is 1.42. The number of rotatable bonds is 6. The molecule has 0 atom stereocenters. The van der Waals surface area contributed by atoms with Crippen LogP contribution in [0.2, 0.25) is 5.02 Å². The van der Waals surface area contributed by atoms with Crippen molar-refractivity contribution >= 4 is 55.8 Å². The first kappa shape index (κ1) is 23.8. The Bertz CT molecular complexity index is 1540. The summed E-state index contributed by atoms with van der Waals surface area (Å²) < 4.78 is 28.1. The average Bonchev–Trinajstić information content (AvgIpc) is 2.88. The number of hydrogen-bond donors (Lipinski definition) is 2. The van der Waals surface area contributed by atoms with E-state index in [-0.39, 0.29) is 21.2 Å². The van der Waals surface area contributed by atoms with E-state index in [1.807, 2.05) is 23.1 Å². The van der Waals surface area contributed by atoms with E-state index < -0.39 is 16.0 Å². The molecule has 2 aromatic carbocycles. The summed E-state index contributed by atoms with van der Waals surface area (Å²) in [5.74, 6) is 0.341. The molecule has 0 unspecified atom stereocenters. The molecule has 1 aliphatic rings. The molecule has 2 aromatic heterocycles. The molecule has 0 amide bonds. The van der Waals surface area contributed by atoms with Crippen LogP contribution in [0.1, 0.15) is 10.4 Å². The van der Waals surface area contributed by atoms with Crippen molar-refractivity contribution in [1.82, 2.24) is 9.97 Å². The largest absolute Gasteiger partial charge is 0.478 e. The molecule has 4 aromatic rings. The highest BCUT2D eigenvalue weighted by Crippen LogP contribution is 2.29. The van der Waals surface area contributed by atoms with Crippen LogP contribution in [0.4, 0.5) is 17.3 Å². The number of piperazine rings is 1. The van der Waals surface area contributed by atoms with Gasteiger partial charge in [0, 0.05) is 43.4 Å². The zero-order chi connectivity index (χ0) is 25.3. The molecular weight excluding hydrogens is 502 g/mol. The fourth-order valence-corrected chi connectivity index (χ4v) is 5.76. The molecule has 0 saturated carbocycles. The summed E-state index contributed by atoms with van der Waals surface area (Å²) in [4.78, 5) is 25.4. The van der Waals surface area contributed by atoms with Crippen molar-refractivity contribution in [3.8, 4) is 0 Å². The van der Waals surface area contributed by atoms with Gasteiger partial charge in [-0.2, -0.15) is 0 Å². The summed E-state index contributed by atoms with van der Waals surface area (Å²) in [7, 11) is -3.97. The molecule has 1 aliphatic heterocycles. The van der Waals surface area contributed by atoms with Gasteiger partial charge in [0.15, 0.2) is 0 Å². The number of aromatic nitrogens is 2. The normalized spacial score (nSPS) is 14.1. The third-order valence-corrected chi connectivity index (χ3v) is 7.86. The zero-order valence-electron chi connectivity index (χ0n) is 19.0. The lowest BCUT2D eigenvalue weighted by atomic mass is 10.1. The van der Waals surface area contributed by atoms with Crippen LogP contribution in [0.15, 0.2) is 77.8 Å². The number of benzene rings is 2. The van der Waals surface area contributed by atoms with Crippen LogP contribution in [-0.4, -0.2) is 55.6 Å². The van der Waals surface area contributed by atoms with Crippen LogP contribution in [0.5, 0.6) is 0 Å². The Kier molecular flexibility index (Phi) is 6.38. The van der Waals surface area contributed by atoms with Gasteiger partial charge < -0.3 is 14.9 Å². The molecule has 184 valence electrons. The highest BCUT2D eigenvalue weighted by Gasteiger charge is 2.23. The quantitative estimate of drug-likeness (QED) is 0.388. The van der Waals surface area contributed by atoms with Crippen LogP contribution < -0.4 is 14.5 Å². The molecule has 0 radical (unpaired) electrons. The van der Waals surface area contributed by atoms with Gasteiger partial charge in [-0.1, -0.05) is 29.8 Å². The lowest BCUT2D eigenvalue weighted by Crippen LogP contribution is -2.47. The lowest BCUT2D eigenvalue weighted by Gasteiger charge is -2.36. The first-order chi connectivity index (χ1) is 17.3. The van der Waals surface area contributed by atoms with Crippen molar-refractivity contribution in [2.75, 3.05) is 40.7 Å². The van der Waals surface area contributed by atoms with E-state index in [1.54, 1.807) is 30.5 Å². The molecular formula is C25H22ClN5O4S. The monoisotopic (exact) mass is 523 g/mol. The number of carbonyl (C=O) groups is 1. The summed E-state index contributed by atoms with van der Waals surface area (Å²) in [6, 6.07) is 18.1. The summed E-state index contributed by atoms with van der Waals surface area (Å²) in [6.45, 7) is 2.76. The summed E-state index contributed by atoms with van der Waals surface area (Å²) in [5, 5.41) is 10.3. The van der Waals surface area contributed by atoms with Gasteiger partial charge in [-0.05, 0) is 48.5 Å². The van der Waals surface area contributed by atoms with Crippen LogP contribution in [0.3, 0.4) is 0 Å². The molecule has 3 heterocycles. The molecule has 0 aliphatic carbocycles. The Hall–Kier alpha value is -3.89. The SMILES string of the molecule is O=C(O)c1cc(N2CCN(c3ccccn3)CC2)nc2ccc(NS(=O)(=O)c3ccccc3Cl)cc12. The van der Waals surface area contributed by atoms with Gasteiger partial charge in [-0.3, -0.25) is 4.72 Å². The summed E-state index contributed by atoms with van der Waals surface area (Å²) >= 11 is 6.05. The third kappa shape index (κ3) is 4.77. The number of aromatic carboxylic acids is 1. The van der Waals surface area contributed by atoms with E-state index in [2.05, 4.69) is 19.6 Å². The van der Waals surface area contributed by atoms with E-state index in [4.69, 9.17) is 11.6 Å². The van der Waals surface area contributed by atoms with Gasteiger partial charge in [0.05, 0.1) is 16.1 Å². The summed E-state index contributed by atoms with van der Waals surface area (Å²) in [6.07, 6.45) is 1.76. The second-order valence-corrected chi connectivity index (χ2v) is 10.3. The van der Waals surface area contributed by atoms with Gasteiger partial charge in [-0.15, -0.1) is 0 Å². The molecule has 9 nitrogen and oxygen atoms in total. The number of hydrogen-bond acceptors (Lipinski definition) is 7. The van der Waals surface area contributed by atoms with Crippen molar-refractivity contribution in [1.29, 1.82) is 0 Å². The molecule has 5 rings (SSSR count). The number of nitrogens with one attached hydrogen (secondary N) is 1. The smallest absolute Gasteiger partial charge is 0.336 e. The topological polar surface area (TPSA) is 116 Å². The Morgan fingerprint density at radius 1 is 0.917 bits per heavy atom. The second kappa shape index (κ2) is 9.63. The number of anilines is 3. The third-order valence-electron chi connectivity index (χ3n) is 5.98. The minimum absolute atomic E-state index is 0.0425. The molecule has 1 fully saturated rings. The van der Waals surface area contributed by atoms with Gasteiger partial charge in [0.25, 0.3) is 10.0 Å². The fourth-order valence-electron chi connectivity index (χ4n) is 4.19. The van der Waals surface area contributed by atoms with Crippen molar-refractivity contribution in [2.45, 2.75) is 4.90 Å². The summed E-state index contributed by atoms with van der Waals surface area (Å²) in [5.41, 5.74) is 0.710. The van der Waals surface area contributed by atoms with Gasteiger partial charge >= 0.3 is 5.97 Å². The van der Waals surface area contributed by atoms with Crippen LogP contribution >= 0.6 is 11.6 Å². The Morgan fingerprint density at radius 2 is 1.61 bits per heavy atom. The van der Waals surface area contributed by atoms with Crippen LogP contribution in [0.25, 0.3) is 10.9 Å². The van der Waals surface area contributed by atoms with E-state index in [1.165, 1.54) is 24.3 Å². The molecule has 11 heteroatoms. The van der Waals surface area contributed by atoms with Gasteiger partial charge in [0.2, 0.25) is 0 Å². The van der Waals surface area contributed by atoms with E-state index >= 15 is 0 Å². The maximum absolute atomic E-state index is 12.8. The number of sulfonamides is 1. The number of carboxylic acids is 1. The minimum Gasteiger partial charge on any atom is -0.478 e. The first-order valence-electron chi connectivity index (χ1n) is 11.2. The highest BCUT2D eigenvalue weighted by molar-refractivity contribution is 7.92. The second-order valence-electron chi connectivity index (χ2n) is 8.26. The van der Waals surface area contributed by atoms with Crippen molar-refractivity contribution < 1.29 is 18.3 Å². The standard InChI is InChI=1S/C25H22ClN5O4S/c26-20-5-1-2-6-22(20)36(34,35)29-17-8-9-21-18(15-17)19(25(32)33)16-24(28-21)31-13-11-30(12-14-31)23-7-3-4-10-27-23/h1-10,15-16,29H,11-14H2,(H,32,33). The fraction of sp³-hybridized carbons (Fsp3) is 0.160. The van der Waals surface area contributed by atoms with Crippen LogP contribution in [-0.2, 0) is 10.0 Å². The minimum atomic E-state index is -3.97. The maximum atomic E-state index is 12.8. The number of fused-ring (bicyclic) bond motifs is 1. The Labute approximate surface area is 213 Å². The maximum Gasteiger partial charge on any atom is 0.336 e. The number of halogens is 1. The molecule has 0 bridgehead atoms. The zero-order valence-corrected chi connectivity index (χ0v) is 20.6.